The van der Waals surface area contributed by atoms with E-state index in [9.17, 15) is 4.79 Å². The maximum Gasteiger partial charge on any atom is 0.260 e. The van der Waals surface area contributed by atoms with Crippen molar-refractivity contribution in [2.75, 3.05) is 0 Å². The zero-order chi connectivity index (χ0) is 14.4. The monoisotopic (exact) mass is 260 g/mol. The Morgan fingerprint density at radius 1 is 1.21 bits per heavy atom. The molecule has 0 saturated heterocycles. The molecule has 2 atom stereocenters. The molecule has 1 rings (SSSR count). The Labute approximate surface area is 114 Å². The summed E-state index contributed by atoms with van der Waals surface area (Å²) in [5.74, 6) is 0.829. The minimum Gasteiger partial charge on any atom is -0.481 e. The van der Waals surface area contributed by atoms with E-state index in [0.29, 0.717) is 17.2 Å². The summed E-state index contributed by atoms with van der Waals surface area (Å²) in [5, 5.41) is 11.6. The van der Waals surface area contributed by atoms with E-state index in [1.165, 1.54) is 0 Å². The third-order valence-corrected chi connectivity index (χ3v) is 3.04. The summed E-state index contributed by atoms with van der Waals surface area (Å²) < 4.78 is 5.53. The molecule has 1 aromatic carbocycles. The van der Waals surface area contributed by atoms with E-state index < -0.39 is 6.10 Å². The molecule has 2 unspecified atom stereocenters. The molecule has 0 aliphatic heterocycles. The van der Waals surface area contributed by atoms with Gasteiger partial charge in [-0.05, 0) is 44.0 Å². The van der Waals surface area contributed by atoms with Gasteiger partial charge in [0, 0.05) is 6.04 Å². The molecule has 1 aromatic rings. The van der Waals surface area contributed by atoms with Gasteiger partial charge < -0.3 is 10.1 Å². The number of nitriles is 1. The van der Waals surface area contributed by atoms with E-state index in [0.717, 1.165) is 0 Å². The SMILES string of the molecule is CC(Oc1ccc(C#N)cc1)C(=O)NC(C)C(C)C. The predicted octanol–water partition coefficient (Wildman–Crippen LogP) is 2.49. The van der Waals surface area contributed by atoms with Crippen molar-refractivity contribution in [3.63, 3.8) is 0 Å². The van der Waals surface area contributed by atoms with Gasteiger partial charge in [0.15, 0.2) is 6.10 Å². The minimum absolute atomic E-state index is 0.111. The lowest BCUT2D eigenvalue weighted by Gasteiger charge is -2.21. The molecule has 0 saturated carbocycles. The van der Waals surface area contributed by atoms with Crippen molar-refractivity contribution < 1.29 is 9.53 Å². The van der Waals surface area contributed by atoms with Crippen molar-refractivity contribution in [2.24, 2.45) is 5.92 Å². The van der Waals surface area contributed by atoms with Gasteiger partial charge in [0.2, 0.25) is 0 Å². The van der Waals surface area contributed by atoms with E-state index in [1.54, 1.807) is 31.2 Å². The summed E-state index contributed by atoms with van der Waals surface area (Å²) in [5.41, 5.74) is 0.567. The highest BCUT2D eigenvalue weighted by Crippen LogP contribution is 2.13. The number of nitrogens with one attached hydrogen (secondary N) is 1. The molecule has 0 aliphatic carbocycles. The van der Waals surface area contributed by atoms with Gasteiger partial charge in [-0.15, -0.1) is 0 Å². The molecule has 0 radical (unpaired) electrons. The average Bonchev–Trinajstić information content (AvgIpc) is 2.39. The lowest BCUT2D eigenvalue weighted by molar-refractivity contribution is -0.128. The molecule has 0 fully saturated rings. The second-order valence-corrected chi connectivity index (χ2v) is 4.94. The number of hydrogen-bond donors (Lipinski definition) is 1. The Morgan fingerprint density at radius 3 is 2.26 bits per heavy atom. The molecule has 4 nitrogen and oxygen atoms in total. The fourth-order valence-electron chi connectivity index (χ4n) is 1.37. The van der Waals surface area contributed by atoms with Crippen LogP contribution < -0.4 is 10.1 Å². The topological polar surface area (TPSA) is 62.1 Å². The molecule has 0 aliphatic rings. The highest BCUT2D eigenvalue weighted by atomic mass is 16.5. The summed E-state index contributed by atoms with van der Waals surface area (Å²) in [7, 11) is 0. The van der Waals surface area contributed by atoms with Gasteiger partial charge in [0.1, 0.15) is 5.75 Å². The maximum absolute atomic E-state index is 11.9. The number of carbonyl (C=O) groups is 1. The van der Waals surface area contributed by atoms with Crippen LogP contribution in [-0.4, -0.2) is 18.1 Å². The number of benzene rings is 1. The van der Waals surface area contributed by atoms with Crippen molar-refractivity contribution in [1.29, 1.82) is 5.26 Å². The molecule has 102 valence electrons. The number of rotatable bonds is 5. The number of amides is 1. The van der Waals surface area contributed by atoms with Crippen LogP contribution in [0.25, 0.3) is 0 Å². The lowest BCUT2D eigenvalue weighted by atomic mass is 10.1. The first-order valence-corrected chi connectivity index (χ1v) is 6.41. The molecule has 1 N–H and O–H groups in total. The smallest absolute Gasteiger partial charge is 0.260 e. The zero-order valence-corrected chi connectivity index (χ0v) is 11.8. The standard InChI is InChI=1S/C15H20N2O2/c1-10(2)11(3)17-15(18)12(4)19-14-7-5-13(9-16)6-8-14/h5-8,10-12H,1-4H3,(H,17,18). The van der Waals surface area contributed by atoms with Crippen LogP contribution in [0.15, 0.2) is 24.3 Å². The second kappa shape index (κ2) is 6.79. The highest BCUT2D eigenvalue weighted by molar-refractivity contribution is 5.81. The van der Waals surface area contributed by atoms with Crippen LogP contribution in [0.4, 0.5) is 0 Å². The molecular formula is C15H20N2O2. The number of carbonyl (C=O) groups excluding carboxylic acids is 1. The van der Waals surface area contributed by atoms with Crippen LogP contribution in [0, 0.1) is 17.2 Å². The Hall–Kier alpha value is -2.02. The van der Waals surface area contributed by atoms with E-state index >= 15 is 0 Å². The molecule has 0 bridgehead atoms. The predicted molar refractivity (Wildman–Crippen MR) is 73.7 cm³/mol. The van der Waals surface area contributed by atoms with E-state index in [1.807, 2.05) is 13.0 Å². The Morgan fingerprint density at radius 2 is 1.79 bits per heavy atom. The third-order valence-electron chi connectivity index (χ3n) is 3.04. The first-order valence-electron chi connectivity index (χ1n) is 6.41. The molecule has 1 amide bonds. The van der Waals surface area contributed by atoms with Crippen molar-refractivity contribution in [3.05, 3.63) is 29.8 Å². The average molecular weight is 260 g/mol. The Bertz CT molecular complexity index is 460. The number of hydrogen-bond acceptors (Lipinski definition) is 3. The number of ether oxygens (including phenoxy) is 1. The van der Waals surface area contributed by atoms with Gasteiger partial charge in [0.05, 0.1) is 11.6 Å². The maximum atomic E-state index is 11.9. The first kappa shape index (κ1) is 15.0. The normalized spacial score (nSPS) is 13.5. The summed E-state index contributed by atoms with van der Waals surface area (Å²) in [4.78, 5) is 11.9. The van der Waals surface area contributed by atoms with Gasteiger partial charge in [0.25, 0.3) is 5.91 Å². The van der Waals surface area contributed by atoms with Crippen molar-refractivity contribution in [1.82, 2.24) is 5.32 Å². The summed E-state index contributed by atoms with van der Waals surface area (Å²) in [6.45, 7) is 7.78. The zero-order valence-electron chi connectivity index (χ0n) is 11.8. The van der Waals surface area contributed by atoms with Gasteiger partial charge in [-0.1, -0.05) is 13.8 Å². The van der Waals surface area contributed by atoms with Crippen LogP contribution in [0.3, 0.4) is 0 Å². The molecule has 19 heavy (non-hydrogen) atoms. The van der Waals surface area contributed by atoms with Gasteiger partial charge in [-0.25, -0.2) is 0 Å². The van der Waals surface area contributed by atoms with E-state index in [4.69, 9.17) is 10.00 Å². The minimum atomic E-state index is -0.561. The van der Waals surface area contributed by atoms with Crippen LogP contribution in [0.1, 0.15) is 33.3 Å². The third kappa shape index (κ3) is 4.63. The van der Waals surface area contributed by atoms with Crippen molar-refractivity contribution in [3.8, 4) is 11.8 Å². The molecule has 4 heteroatoms. The molecular weight excluding hydrogens is 240 g/mol. The quantitative estimate of drug-likeness (QED) is 0.884. The van der Waals surface area contributed by atoms with E-state index in [2.05, 4.69) is 19.2 Å². The van der Waals surface area contributed by atoms with Crippen LogP contribution >= 0.6 is 0 Å². The first-order chi connectivity index (χ1) is 8.93. The molecule has 0 heterocycles. The van der Waals surface area contributed by atoms with Crippen LogP contribution in [0.2, 0.25) is 0 Å². The fourth-order valence-corrected chi connectivity index (χ4v) is 1.37. The molecule has 0 spiro atoms. The molecule has 0 aromatic heterocycles. The summed E-state index contributed by atoms with van der Waals surface area (Å²) in [6, 6.07) is 8.85. The largest absolute Gasteiger partial charge is 0.481 e. The summed E-state index contributed by atoms with van der Waals surface area (Å²) in [6.07, 6.45) is -0.561. The van der Waals surface area contributed by atoms with Crippen LogP contribution in [-0.2, 0) is 4.79 Å². The van der Waals surface area contributed by atoms with Crippen molar-refractivity contribution >= 4 is 5.91 Å². The Kier molecular flexibility index (Phi) is 5.37. The number of nitrogens with zero attached hydrogens (tertiary/aromatic N) is 1. The van der Waals surface area contributed by atoms with Gasteiger partial charge in [-0.3, -0.25) is 4.79 Å². The van der Waals surface area contributed by atoms with Crippen LogP contribution in [0.5, 0.6) is 5.75 Å². The highest BCUT2D eigenvalue weighted by Gasteiger charge is 2.18. The summed E-state index contributed by atoms with van der Waals surface area (Å²) >= 11 is 0. The lowest BCUT2D eigenvalue weighted by Crippen LogP contribution is -2.43. The van der Waals surface area contributed by atoms with Gasteiger partial charge >= 0.3 is 0 Å². The van der Waals surface area contributed by atoms with Gasteiger partial charge in [-0.2, -0.15) is 5.26 Å². The van der Waals surface area contributed by atoms with E-state index in [-0.39, 0.29) is 11.9 Å². The fraction of sp³-hybridized carbons (Fsp3) is 0.467. The van der Waals surface area contributed by atoms with Crippen molar-refractivity contribution in [2.45, 2.75) is 39.8 Å². The Balaban J connectivity index is 2.56. The second-order valence-electron chi connectivity index (χ2n) is 4.94.